The van der Waals surface area contributed by atoms with E-state index in [2.05, 4.69) is 10.4 Å². The first-order valence-corrected chi connectivity index (χ1v) is 7.52. The molecule has 7 nitrogen and oxygen atoms in total. The fraction of sp³-hybridized carbons (Fsp3) is 0.250. The Bertz CT molecular complexity index is 828. The van der Waals surface area contributed by atoms with Crippen LogP contribution in [0.2, 0.25) is 5.02 Å². The van der Waals surface area contributed by atoms with Crippen LogP contribution in [0.1, 0.15) is 16.2 Å². The lowest BCUT2D eigenvalue weighted by Crippen LogP contribution is -2.39. The van der Waals surface area contributed by atoms with Crippen LogP contribution >= 0.6 is 11.6 Å². The Labute approximate surface area is 143 Å². The van der Waals surface area contributed by atoms with Crippen molar-refractivity contribution in [2.45, 2.75) is 6.92 Å². The molecule has 0 atom stereocenters. The van der Waals surface area contributed by atoms with Gasteiger partial charge in [0.1, 0.15) is 0 Å². The molecule has 0 aliphatic carbocycles. The Hall–Kier alpha value is -2.67. The van der Waals surface area contributed by atoms with Crippen LogP contribution in [0.3, 0.4) is 0 Å². The van der Waals surface area contributed by atoms with Crippen molar-refractivity contribution in [1.29, 1.82) is 0 Å². The van der Waals surface area contributed by atoms with E-state index in [1.165, 1.54) is 15.6 Å². The summed E-state index contributed by atoms with van der Waals surface area (Å²) in [5.74, 6) is -0.980. The number of carbonyl (C=O) groups excluding carboxylic acids is 2. The number of carbonyl (C=O) groups is 2. The van der Waals surface area contributed by atoms with Crippen molar-refractivity contribution in [3.8, 4) is 5.69 Å². The fourth-order valence-corrected chi connectivity index (χ4v) is 2.07. The molecule has 2 rings (SSSR count). The number of aryl methyl sites for hydroxylation is 1. The molecule has 0 fully saturated rings. The molecule has 0 spiro atoms. The third kappa shape index (κ3) is 3.99. The summed E-state index contributed by atoms with van der Waals surface area (Å²) >= 11 is 5.86. The van der Waals surface area contributed by atoms with E-state index in [0.717, 1.165) is 0 Å². The Kier molecular flexibility index (Phi) is 5.35. The van der Waals surface area contributed by atoms with Crippen molar-refractivity contribution >= 4 is 23.4 Å². The molecule has 24 heavy (non-hydrogen) atoms. The Morgan fingerprint density at radius 1 is 1.25 bits per heavy atom. The average Bonchev–Trinajstić information content (AvgIpc) is 2.53. The molecule has 2 amide bonds. The highest BCUT2D eigenvalue weighted by Crippen LogP contribution is 2.13. The zero-order chi connectivity index (χ0) is 17.9. The maximum absolute atomic E-state index is 12.2. The highest BCUT2D eigenvalue weighted by Gasteiger charge is 2.16. The molecule has 8 heteroatoms. The van der Waals surface area contributed by atoms with Crippen molar-refractivity contribution in [2.24, 2.45) is 0 Å². The molecular formula is C16H17ClN4O3. The second-order valence-corrected chi connectivity index (χ2v) is 5.79. The molecular weight excluding hydrogens is 332 g/mol. The highest BCUT2D eigenvalue weighted by molar-refractivity contribution is 6.30. The molecule has 126 valence electrons. The van der Waals surface area contributed by atoms with Crippen LogP contribution in [-0.4, -0.2) is 47.1 Å². The predicted octanol–water partition coefficient (Wildman–Crippen LogP) is 1.01. The third-order valence-corrected chi connectivity index (χ3v) is 3.54. The number of benzene rings is 1. The van der Waals surface area contributed by atoms with E-state index in [9.17, 15) is 14.4 Å². The van der Waals surface area contributed by atoms with Crippen LogP contribution < -0.4 is 10.7 Å². The number of hydrogen-bond acceptors (Lipinski definition) is 4. The number of likely N-dealkylation sites (N-methyl/N-ethyl adjacent to an activating group) is 1. The van der Waals surface area contributed by atoms with Gasteiger partial charge in [0.05, 0.1) is 12.2 Å². The van der Waals surface area contributed by atoms with Gasteiger partial charge >= 0.3 is 0 Å². The maximum Gasteiger partial charge on any atom is 0.276 e. The van der Waals surface area contributed by atoms with Gasteiger partial charge in [-0.05, 0) is 31.2 Å². The summed E-state index contributed by atoms with van der Waals surface area (Å²) in [4.78, 5) is 37.1. The largest absolute Gasteiger partial charge is 0.347 e. The lowest BCUT2D eigenvalue weighted by molar-refractivity contribution is -0.127. The number of nitrogens with one attached hydrogen (secondary N) is 1. The smallest absolute Gasteiger partial charge is 0.276 e. The van der Waals surface area contributed by atoms with Crippen LogP contribution in [-0.2, 0) is 4.79 Å². The first-order valence-electron chi connectivity index (χ1n) is 7.15. The molecule has 1 heterocycles. The summed E-state index contributed by atoms with van der Waals surface area (Å²) in [5, 5.41) is 7.09. The zero-order valence-electron chi connectivity index (χ0n) is 13.5. The molecule has 1 N–H and O–H groups in total. The average molecular weight is 349 g/mol. The predicted molar refractivity (Wildman–Crippen MR) is 90.6 cm³/mol. The maximum atomic E-state index is 12.2. The van der Waals surface area contributed by atoms with Crippen molar-refractivity contribution < 1.29 is 9.59 Å². The summed E-state index contributed by atoms with van der Waals surface area (Å²) in [6.07, 6.45) is 0. The number of aromatic nitrogens is 2. The summed E-state index contributed by atoms with van der Waals surface area (Å²) in [6, 6.07) is 8.15. The van der Waals surface area contributed by atoms with E-state index in [0.29, 0.717) is 16.4 Å². The van der Waals surface area contributed by atoms with Gasteiger partial charge in [-0.2, -0.15) is 5.10 Å². The van der Waals surface area contributed by atoms with Crippen LogP contribution in [0, 0.1) is 6.92 Å². The minimum absolute atomic E-state index is 0.207. The fourth-order valence-electron chi connectivity index (χ4n) is 1.95. The molecule has 0 aliphatic rings. The van der Waals surface area contributed by atoms with E-state index in [-0.39, 0.29) is 18.1 Å². The Balaban J connectivity index is 2.32. The van der Waals surface area contributed by atoms with Gasteiger partial charge in [-0.25, -0.2) is 4.68 Å². The quantitative estimate of drug-likeness (QED) is 0.893. The summed E-state index contributed by atoms with van der Waals surface area (Å²) in [5.41, 5.74) is 0.452. The second-order valence-electron chi connectivity index (χ2n) is 5.36. The van der Waals surface area contributed by atoms with Crippen molar-refractivity contribution in [1.82, 2.24) is 20.0 Å². The minimum Gasteiger partial charge on any atom is -0.347 e. The normalized spacial score (nSPS) is 10.3. The van der Waals surface area contributed by atoms with E-state index in [4.69, 9.17) is 11.6 Å². The van der Waals surface area contributed by atoms with Gasteiger partial charge in [-0.1, -0.05) is 11.6 Å². The molecule has 0 saturated heterocycles. The van der Waals surface area contributed by atoms with E-state index in [1.807, 2.05) is 0 Å². The molecule has 0 aliphatic heterocycles. The second kappa shape index (κ2) is 7.27. The summed E-state index contributed by atoms with van der Waals surface area (Å²) < 4.78 is 1.47. The van der Waals surface area contributed by atoms with Gasteiger partial charge in [0, 0.05) is 30.9 Å². The van der Waals surface area contributed by atoms with Crippen LogP contribution in [0.4, 0.5) is 0 Å². The van der Waals surface area contributed by atoms with Crippen LogP contribution in [0.5, 0.6) is 0 Å². The van der Waals surface area contributed by atoms with Gasteiger partial charge in [-0.3, -0.25) is 14.4 Å². The van der Waals surface area contributed by atoms with Crippen molar-refractivity contribution in [3.05, 3.63) is 57.0 Å². The van der Waals surface area contributed by atoms with E-state index < -0.39 is 11.3 Å². The SMILES string of the molecule is Cc1cc(=O)c(C(=O)NCC(=O)N(C)C)nn1-c1ccc(Cl)cc1. The Morgan fingerprint density at radius 3 is 2.46 bits per heavy atom. The van der Waals surface area contributed by atoms with Gasteiger partial charge < -0.3 is 10.2 Å². The van der Waals surface area contributed by atoms with E-state index in [1.54, 1.807) is 45.3 Å². The van der Waals surface area contributed by atoms with Gasteiger partial charge in [-0.15, -0.1) is 0 Å². The monoisotopic (exact) mass is 348 g/mol. The zero-order valence-corrected chi connectivity index (χ0v) is 14.3. The van der Waals surface area contributed by atoms with Gasteiger partial charge in [0.2, 0.25) is 11.3 Å². The molecule has 0 radical (unpaired) electrons. The first kappa shape index (κ1) is 17.7. The van der Waals surface area contributed by atoms with Gasteiger partial charge in [0.15, 0.2) is 5.69 Å². The third-order valence-electron chi connectivity index (χ3n) is 3.29. The van der Waals surface area contributed by atoms with E-state index >= 15 is 0 Å². The molecule has 1 aromatic heterocycles. The molecule has 1 aromatic carbocycles. The number of rotatable bonds is 4. The van der Waals surface area contributed by atoms with Crippen molar-refractivity contribution in [2.75, 3.05) is 20.6 Å². The molecule has 0 bridgehead atoms. The Morgan fingerprint density at radius 2 is 1.88 bits per heavy atom. The number of hydrogen-bond donors (Lipinski definition) is 1. The lowest BCUT2D eigenvalue weighted by atomic mass is 10.2. The summed E-state index contributed by atoms with van der Waals surface area (Å²) in [7, 11) is 3.15. The van der Waals surface area contributed by atoms with Crippen molar-refractivity contribution in [3.63, 3.8) is 0 Å². The number of nitrogens with zero attached hydrogens (tertiary/aromatic N) is 3. The van der Waals surface area contributed by atoms with Gasteiger partial charge in [0.25, 0.3) is 5.91 Å². The molecule has 2 aromatic rings. The minimum atomic E-state index is -0.696. The highest BCUT2D eigenvalue weighted by atomic mass is 35.5. The lowest BCUT2D eigenvalue weighted by Gasteiger charge is -2.12. The van der Waals surface area contributed by atoms with Crippen LogP contribution in [0.25, 0.3) is 5.69 Å². The summed E-state index contributed by atoms with van der Waals surface area (Å²) in [6.45, 7) is 1.50. The molecule has 0 unspecified atom stereocenters. The standard InChI is InChI=1S/C16H17ClN4O3/c1-10-8-13(22)15(16(24)18-9-14(23)20(2)3)19-21(10)12-6-4-11(17)5-7-12/h4-8H,9H2,1-3H3,(H,18,24). The topological polar surface area (TPSA) is 84.3 Å². The first-order chi connectivity index (χ1) is 11.3. The number of amides is 2. The number of halogens is 1. The van der Waals surface area contributed by atoms with Crippen LogP contribution in [0.15, 0.2) is 35.1 Å². The molecule has 0 saturated carbocycles.